The van der Waals surface area contributed by atoms with E-state index in [4.69, 9.17) is 15.7 Å². The summed E-state index contributed by atoms with van der Waals surface area (Å²) in [6.45, 7) is 0. The van der Waals surface area contributed by atoms with Crippen LogP contribution in [0.15, 0.2) is 48.7 Å². The van der Waals surface area contributed by atoms with Crippen LogP contribution in [0, 0.1) is 0 Å². The van der Waals surface area contributed by atoms with Gasteiger partial charge in [-0.2, -0.15) is 4.98 Å². The monoisotopic (exact) mass is 455 g/mol. The van der Waals surface area contributed by atoms with E-state index in [9.17, 15) is 0 Å². The van der Waals surface area contributed by atoms with Crippen molar-refractivity contribution in [3.63, 3.8) is 0 Å². The smallest absolute Gasteiger partial charge is 0.224 e. The van der Waals surface area contributed by atoms with Gasteiger partial charge in [-0.05, 0) is 50.0 Å². The first-order chi connectivity index (χ1) is 16.7. The molecule has 4 aromatic rings. The summed E-state index contributed by atoms with van der Waals surface area (Å²) >= 11 is 0. The number of nitrogens with one attached hydrogen (secondary N) is 1. The zero-order valence-electron chi connectivity index (χ0n) is 19.8. The third-order valence-corrected chi connectivity index (χ3v) is 7.64. The molecule has 2 aliphatic rings. The normalized spacial score (nSPS) is 21.4. The van der Waals surface area contributed by atoms with Crippen LogP contribution in [0.25, 0.3) is 21.9 Å². The minimum Gasteiger partial charge on any atom is -0.351 e. The van der Waals surface area contributed by atoms with Gasteiger partial charge in [0, 0.05) is 30.6 Å². The number of hydrogen-bond acceptors (Lipinski definition) is 6. The number of benzene rings is 2. The van der Waals surface area contributed by atoms with Gasteiger partial charge in [0.05, 0.1) is 11.9 Å². The minimum absolute atomic E-state index is 0.331. The van der Waals surface area contributed by atoms with E-state index in [-0.39, 0.29) is 0 Å². The van der Waals surface area contributed by atoms with E-state index in [1.165, 1.54) is 23.6 Å². The number of hydrogen-bond donors (Lipinski definition) is 2. The molecule has 2 heterocycles. The highest BCUT2D eigenvalue weighted by atomic mass is 15.3. The van der Waals surface area contributed by atoms with Crippen molar-refractivity contribution in [2.24, 2.45) is 5.73 Å². The Bertz CT molecular complexity index is 1290. The molecule has 3 N–H and O–H groups in total. The lowest BCUT2D eigenvalue weighted by molar-refractivity contribution is 0.410. The molecule has 0 aliphatic heterocycles. The summed E-state index contributed by atoms with van der Waals surface area (Å²) in [4.78, 5) is 16.9. The van der Waals surface area contributed by atoms with Crippen LogP contribution in [0.2, 0.25) is 0 Å². The largest absolute Gasteiger partial charge is 0.351 e. The molecule has 7 nitrogen and oxygen atoms in total. The Morgan fingerprint density at radius 1 is 0.941 bits per heavy atom. The van der Waals surface area contributed by atoms with E-state index in [1.807, 2.05) is 6.20 Å². The predicted octanol–water partition coefficient (Wildman–Crippen LogP) is 5.54. The highest BCUT2D eigenvalue weighted by Gasteiger charge is 2.27. The maximum atomic E-state index is 6.09. The summed E-state index contributed by atoms with van der Waals surface area (Å²) in [5, 5.41) is 6.03. The SMILES string of the molecule is CN(c1cccc2ccccc12)c1nc2cnc(NC3CCC(N)CC3)nc2n1C1CCCC1. The van der Waals surface area contributed by atoms with Crippen molar-refractivity contribution in [3.8, 4) is 0 Å². The van der Waals surface area contributed by atoms with Crippen molar-refractivity contribution in [2.45, 2.75) is 69.5 Å². The van der Waals surface area contributed by atoms with Crippen LogP contribution in [0.3, 0.4) is 0 Å². The van der Waals surface area contributed by atoms with Gasteiger partial charge < -0.3 is 16.0 Å². The maximum absolute atomic E-state index is 6.09. The standard InChI is InChI=1S/C27H33N7/c1-33(24-12-6-8-18-7-2-5-11-22(18)24)27-31-23-17-29-26(30-20-15-13-19(28)14-16-20)32-25(23)34(27)21-9-3-4-10-21/h2,5-8,11-12,17,19-21H,3-4,9-10,13-16,28H2,1H3,(H,29,30,32). The fourth-order valence-corrected chi connectivity index (χ4v) is 5.74. The average Bonchev–Trinajstić information content (AvgIpc) is 3.52. The first-order valence-corrected chi connectivity index (χ1v) is 12.7. The number of imidazole rings is 1. The highest BCUT2D eigenvalue weighted by Crippen LogP contribution is 2.39. The van der Waals surface area contributed by atoms with Gasteiger partial charge in [0.2, 0.25) is 11.9 Å². The summed E-state index contributed by atoms with van der Waals surface area (Å²) in [6, 6.07) is 16.1. The van der Waals surface area contributed by atoms with E-state index >= 15 is 0 Å². The zero-order chi connectivity index (χ0) is 23.1. The number of nitrogens with zero attached hydrogens (tertiary/aromatic N) is 5. The predicted molar refractivity (Wildman–Crippen MR) is 139 cm³/mol. The van der Waals surface area contributed by atoms with Gasteiger partial charge in [0.1, 0.15) is 5.52 Å². The average molecular weight is 456 g/mol. The molecule has 7 heteroatoms. The fourth-order valence-electron chi connectivity index (χ4n) is 5.74. The van der Waals surface area contributed by atoms with E-state index < -0.39 is 0 Å². The van der Waals surface area contributed by atoms with Crippen molar-refractivity contribution in [2.75, 3.05) is 17.3 Å². The molecule has 2 aromatic carbocycles. The van der Waals surface area contributed by atoms with Gasteiger partial charge >= 0.3 is 0 Å². The van der Waals surface area contributed by atoms with Crippen LogP contribution in [-0.2, 0) is 0 Å². The summed E-state index contributed by atoms with van der Waals surface area (Å²) < 4.78 is 2.37. The van der Waals surface area contributed by atoms with E-state index in [1.54, 1.807) is 0 Å². The number of fused-ring (bicyclic) bond motifs is 2. The third-order valence-electron chi connectivity index (χ3n) is 7.64. The Morgan fingerprint density at radius 3 is 2.53 bits per heavy atom. The van der Waals surface area contributed by atoms with Crippen molar-refractivity contribution < 1.29 is 0 Å². The lowest BCUT2D eigenvalue weighted by atomic mass is 9.92. The molecular formula is C27H33N7. The van der Waals surface area contributed by atoms with Crippen molar-refractivity contribution in [1.82, 2.24) is 19.5 Å². The Labute approximate surface area is 200 Å². The summed E-state index contributed by atoms with van der Waals surface area (Å²) in [5.41, 5.74) is 9.02. The topological polar surface area (TPSA) is 84.9 Å². The summed E-state index contributed by atoms with van der Waals surface area (Å²) in [7, 11) is 2.12. The second-order valence-corrected chi connectivity index (χ2v) is 9.94. The third kappa shape index (κ3) is 3.88. The molecule has 0 amide bonds. The van der Waals surface area contributed by atoms with Crippen molar-refractivity contribution in [3.05, 3.63) is 48.7 Å². The Morgan fingerprint density at radius 2 is 1.71 bits per heavy atom. The minimum atomic E-state index is 0.331. The Kier molecular flexibility index (Phi) is 5.57. The number of aromatic nitrogens is 4. The molecule has 0 atom stereocenters. The highest BCUT2D eigenvalue weighted by molar-refractivity contribution is 5.96. The summed E-state index contributed by atoms with van der Waals surface area (Å²) in [6.07, 6.45) is 11.0. The number of rotatable bonds is 5. The zero-order valence-corrected chi connectivity index (χ0v) is 19.8. The van der Waals surface area contributed by atoms with Crippen LogP contribution in [0.4, 0.5) is 17.6 Å². The molecule has 2 saturated carbocycles. The molecule has 2 aliphatic carbocycles. The second kappa shape index (κ2) is 8.87. The Hall–Kier alpha value is -3.19. The van der Waals surface area contributed by atoms with Crippen LogP contribution >= 0.6 is 0 Å². The molecule has 34 heavy (non-hydrogen) atoms. The van der Waals surface area contributed by atoms with Crippen LogP contribution in [0.5, 0.6) is 0 Å². The first-order valence-electron chi connectivity index (χ1n) is 12.7. The van der Waals surface area contributed by atoms with E-state index in [0.717, 1.165) is 61.3 Å². The fraction of sp³-hybridized carbons (Fsp3) is 0.444. The molecule has 2 aromatic heterocycles. The number of anilines is 3. The first kappa shape index (κ1) is 21.4. The molecule has 0 saturated heterocycles. The van der Waals surface area contributed by atoms with Crippen LogP contribution in [-0.4, -0.2) is 38.7 Å². The van der Waals surface area contributed by atoms with Gasteiger partial charge in [-0.1, -0.05) is 49.2 Å². The van der Waals surface area contributed by atoms with E-state index in [0.29, 0.717) is 24.1 Å². The van der Waals surface area contributed by atoms with Crippen LogP contribution < -0.4 is 16.0 Å². The molecule has 0 radical (unpaired) electrons. The van der Waals surface area contributed by atoms with Gasteiger partial charge in [-0.3, -0.25) is 4.57 Å². The maximum Gasteiger partial charge on any atom is 0.224 e. The summed E-state index contributed by atoms with van der Waals surface area (Å²) in [5.74, 6) is 1.64. The molecular weight excluding hydrogens is 422 g/mol. The molecule has 2 fully saturated rings. The quantitative estimate of drug-likeness (QED) is 0.411. The molecule has 0 spiro atoms. The van der Waals surface area contributed by atoms with Gasteiger partial charge in [-0.15, -0.1) is 0 Å². The molecule has 176 valence electrons. The molecule has 0 bridgehead atoms. The van der Waals surface area contributed by atoms with E-state index in [2.05, 4.69) is 69.3 Å². The second-order valence-electron chi connectivity index (χ2n) is 9.94. The van der Waals surface area contributed by atoms with Crippen molar-refractivity contribution >= 4 is 39.5 Å². The van der Waals surface area contributed by atoms with Crippen LogP contribution in [0.1, 0.15) is 57.4 Å². The lowest BCUT2D eigenvalue weighted by Gasteiger charge is -2.27. The molecule has 0 unspecified atom stereocenters. The molecule has 6 rings (SSSR count). The number of nitrogens with two attached hydrogens (primary N) is 1. The van der Waals surface area contributed by atoms with Gasteiger partial charge in [0.15, 0.2) is 5.65 Å². The van der Waals surface area contributed by atoms with Crippen molar-refractivity contribution in [1.29, 1.82) is 0 Å². The van der Waals surface area contributed by atoms with Gasteiger partial charge in [-0.25, -0.2) is 9.97 Å². The Balaban J connectivity index is 1.41. The van der Waals surface area contributed by atoms with Gasteiger partial charge in [0.25, 0.3) is 0 Å². The lowest BCUT2D eigenvalue weighted by Crippen LogP contribution is -2.33.